The van der Waals surface area contributed by atoms with Crippen LogP contribution < -0.4 is 0 Å². The van der Waals surface area contributed by atoms with E-state index in [9.17, 15) is 8.42 Å². The lowest BCUT2D eigenvalue weighted by atomic mass is 10.9. The molecule has 0 fully saturated rings. The Morgan fingerprint density at radius 3 is 1.75 bits per heavy atom. The molecule has 0 saturated carbocycles. The van der Waals surface area contributed by atoms with Crippen LogP contribution in [0.3, 0.4) is 0 Å². The molecule has 0 heterocycles. The smallest absolute Gasteiger partial charge is 0.316 e. The summed E-state index contributed by atoms with van der Waals surface area (Å²) in [6, 6.07) is 0. The van der Waals surface area contributed by atoms with E-state index in [0.717, 1.165) is 0 Å². The summed E-state index contributed by atoms with van der Waals surface area (Å²) >= 11 is 0. The molecule has 6 heteroatoms. The Bertz CT molecular complexity index is 127. The average molecular weight is 152 g/mol. The fourth-order valence-electron chi connectivity index (χ4n) is 0.115. The van der Waals surface area contributed by atoms with E-state index in [4.69, 9.17) is 9.66 Å². The van der Waals surface area contributed by atoms with E-state index >= 15 is 0 Å². The van der Waals surface area contributed by atoms with Crippen LogP contribution >= 0.6 is 0 Å². The van der Waals surface area contributed by atoms with Crippen LogP contribution in [0.2, 0.25) is 0 Å². The minimum absolute atomic E-state index is 0. The first-order valence-electron chi connectivity index (χ1n) is 1.62. The molecule has 0 aromatic carbocycles. The van der Waals surface area contributed by atoms with Crippen LogP contribution in [0, 0.1) is 0 Å². The lowest BCUT2D eigenvalue weighted by Gasteiger charge is -1.85. The minimum Gasteiger partial charge on any atom is -0.395 e. The molecule has 0 aliphatic heterocycles. The second-order valence-corrected chi connectivity index (χ2v) is 2.58. The van der Waals surface area contributed by atoms with Gasteiger partial charge in [-0.2, -0.15) is 8.42 Å². The number of aliphatic hydroxyl groups is 1. The third-order valence-electron chi connectivity index (χ3n) is 0.349. The van der Waals surface area contributed by atoms with E-state index in [1.165, 1.54) is 0 Å². The number of aliphatic hydroxyl groups excluding tert-OH is 1. The maximum Gasteiger partial charge on any atom is 0.316 e. The molecular formula is C2H8MgO4S. The monoisotopic (exact) mass is 152 g/mol. The van der Waals surface area contributed by atoms with Gasteiger partial charge in [0.15, 0.2) is 0 Å². The number of rotatable bonds is 2. The van der Waals surface area contributed by atoms with Crippen LogP contribution in [-0.2, 0) is 10.1 Å². The van der Waals surface area contributed by atoms with E-state index in [1.807, 2.05) is 0 Å². The molecule has 0 aromatic rings. The van der Waals surface area contributed by atoms with E-state index in [0.29, 0.717) is 0 Å². The molecule has 48 valence electrons. The minimum atomic E-state index is -3.92. The van der Waals surface area contributed by atoms with Crippen molar-refractivity contribution in [2.45, 2.75) is 0 Å². The largest absolute Gasteiger partial charge is 0.395 e. The summed E-state index contributed by atoms with van der Waals surface area (Å²) in [5, 5.41) is 7.86. The molecule has 0 rings (SSSR count). The fourth-order valence-corrected chi connectivity index (χ4v) is 0.346. The van der Waals surface area contributed by atoms with Crippen molar-refractivity contribution in [3.63, 3.8) is 0 Å². The summed E-state index contributed by atoms with van der Waals surface area (Å²) in [4.78, 5) is 0. The molecule has 0 atom stereocenters. The SMILES string of the molecule is O=S(=O)(O)CCO.[MgH2]. The van der Waals surface area contributed by atoms with Crippen LogP contribution in [0.25, 0.3) is 0 Å². The number of hydrogen-bond acceptors (Lipinski definition) is 3. The van der Waals surface area contributed by atoms with Crippen LogP contribution in [-0.4, -0.2) is 53.5 Å². The van der Waals surface area contributed by atoms with E-state index in [2.05, 4.69) is 0 Å². The topological polar surface area (TPSA) is 74.6 Å². The summed E-state index contributed by atoms with van der Waals surface area (Å²) in [7, 11) is -3.92. The second-order valence-electron chi connectivity index (χ2n) is 1.01. The van der Waals surface area contributed by atoms with E-state index in [1.54, 1.807) is 0 Å². The van der Waals surface area contributed by atoms with Crippen LogP contribution in [0.1, 0.15) is 0 Å². The van der Waals surface area contributed by atoms with Gasteiger partial charge in [-0.1, -0.05) is 0 Å². The summed E-state index contributed by atoms with van der Waals surface area (Å²) in [6.07, 6.45) is 0. The second kappa shape index (κ2) is 4.51. The van der Waals surface area contributed by atoms with Crippen molar-refractivity contribution < 1.29 is 18.1 Å². The molecule has 2 N–H and O–H groups in total. The highest BCUT2D eigenvalue weighted by Gasteiger charge is 1.99. The maximum absolute atomic E-state index is 9.63. The molecular weight excluding hydrogens is 144 g/mol. The molecule has 0 radical (unpaired) electrons. The van der Waals surface area contributed by atoms with Crippen molar-refractivity contribution in [3.05, 3.63) is 0 Å². The Balaban J connectivity index is 0. The average Bonchev–Trinajstić information content (AvgIpc) is 1.30. The summed E-state index contributed by atoms with van der Waals surface area (Å²) in [6.45, 7) is -0.529. The van der Waals surface area contributed by atoms with Gasteiger partial charge in [0.25, 0.3) is 10.1 Å². The Morgan fingerprint density at radius 2 is 1.75 bits per heavy atom. The van der Waals surface area contributed by atoms with Gasteiger partial charge in [0.2, 0.25) is 0 Å². The molecule has 0 bridgehead atoms. The first-order valence-corrected chi connectivity index (χ1v) is 3.23. The van der Waals surface area contributed by atoms with Gasteiger partial charge in [0.05, 0.1) is 12.4 Å². The van der Waals surface area contributed by atoms with Gasteiger partial charge in [-0.15, -0.1) is 0 Å². The summed E-state index contributed by atoms with van der Waals surface area (Å²) in [5.41, 5.74) is 0. The molecule has 8 heavy (non-hydrogen) atoms. The van der Waals surface area contributed by atoms with Crippen molar-refractivity contribution in [1.82, 2.24) is 0 Å². The lowest BCUT2D eigenvalue weighted by Crippen LogP contribution is -2.06. The molecule has 0 aromatic heterocycles. The molecule has 0 saturated heterocycles. The van der Waals surface area contributed by atoms with E-state index in [-0.39, 0.29) is 23.1 Å². The van der Waals surface area contributed by atoms with Crippen LogP contribution in [0.4, 0.5) is 0 Å². The highest BCUT2D eigenvalue weighted by molar-refractivity contribution is 7.85. The first kappa shape index (κ1) is 11.4. The van der Waals surface area contributed by atoms with Crippen LogP contribution in [0.15, 0.2) is 0 Å². The summed E-state index contributed by atoms with van der Waals surface area (Å²) in [5.74, 6) is -0.576. The standard InChI is InChI=1S/C2H6O4S.Mg.2H/c3-1-2-7(4,5)6;;;/h3H,1-2H2,(H,4,5,6);;;. The zero-order valence-electron chi connectivity index (χ0n) is 3.53. The highest BCUT2D eigenvalue weighted by atomic mass is 32.2. The first-order chi connectivity index (χ1) is 3.06. The zero-order chi connectivity index (χ0) is 5.91. The molecule has 0 unspecified atom stereocenters. The molecule has 0 aliphatic carbocycles. The Labute approximate surface area is 63.8 Å². The quantitative estimate of drug-likeness (QED) is 0.353. The third-order valence-corrected chi connectivity index (χ3v) is 1.05. The molecule has 0 aliphatic rings. The third kappa shape index (κ3) is 9.81. The van der Waals surface area contributed by atoms with Crippen molar-refractivity contribution in [2.75, 3.05) is 12.4 Å². The van der Waals surface area contributed by atoms with Gasteiger partial charge in [0, 0.05) is 0 Å². The van der Waals surface area contributed by atoms with Crippen molar-refractivity contribution >= 4 is 33.2 Å². The van der Waals surface area contributed by atoms with Crippen molar-refractivity contribution in [3.8, 4) is 0 Å². The van der Waals surface area contributed by atoms with E-state index < -0.39 is 22.5 Å². The Kier molecular flexibility index (Phi) is 6.45. The van der Waals surface area contributed by atoms with Gasteiger partial charge < -0.3 is 5.11 Å². The zero-order valence-corrected chi connectivity index (χ0v) is 4.35. The highest BCUT2D eigenvalue weighted by Crippen LogP contribution is 1.75. The number of hydrogen-bond donors (Lipinski definition) is 2. The normalized spacial score (nSPS) is 10.2. The van der Waals surface area contributed by atoms with Crippen molar-refractivity contribution in [1.29, 1.82) is 0 Å². The van der Waals surface area contributed by atoms with Crippen LogP contribution in [0.5, 0.6) is 0 Å². The predicted molar refractivity (Wildman–Crippen MR) is 32.0 cm³/mol. The maximum atomic E-state index is 9.63. The van der Waals surface area contributed by atoms with Crippen molar-refractivity contribution in [2.24, 2.45) is 0 Å². The van der Waals surface area contributed by atoms with Gasteiger partial charge in [-0.05, 0) is 0 Å². The molecule has 4 nitrogen and oxygen atoms in total. The van der Waals surface area contributed by atoms with Gasteiger partial charge in [0.1, 0.15) is 0 Å². The Morgan fingerprint density at radius 1 is 1.38 bits per heavy atom. The molecule has 0 amide bonds. The fraction of sp³-hybridized carbons (Fsp3) is 1.00. The predicted octanol–water partition coefficient (Wildman–Crippen LogP) is -2.05. The van der Waals surface area contributed by atoms with Gasteiger partial charge in [-0.3, -0.25) is 4.55 Å². The molecule has 0 spiro atoms. The summed E-state index contributed by atoms with van der Waals surface area (Å²) < 4.78 is 27.1. The van der Waals surface area contributed by atoms with Gasteiger partial charge >= 0.3 is 23.1 Å². The Hall–Kier alpha value is 0.636. The van der Waals surface area contributed by atoms with Gasteiger partial charge in [-0.25, -0.2) is 0 Å². The lowest BCUT2D eigenvalue weighted by molar-refractivity contribution is 0.315.